The molecule has 142 valence electrons. The maximum Gasteiger partial charge on any atom is 0.328 e. The van der Waals surface area contributed by atoms with Crippen molar-refractivity contribution < 1.29 is 19.3 Å². The molecule has 0 aromatic heterocycles. The van der Waals surface area contributed by atoms with Crippen molar-refractivity contribution in [1.82, 2.24) is 10.6 Å². The first-order chi connectivity index (χ1) is 13.3. The Morgan fingerprint density at radius 1 is 1.07 bits per heavy atom. The smallest absolute Gasteiger partial charge is 0.328 e. The number of non-ortho nitro benzene ring substituents is 1. The number of nitrogens with one attached hydrogen (secondary N) is 2. The topological polar surface area (TPSA) is 122 Å². The van der Waals surface area contributed by atoms with Crippen LogP contribution in [0.4, 0.5) is 16.2 Å². The summed E-state index contributed by atoms with van der Waals surface area (Å²) < 4.78 is 0. The molecule has 2 aromatic carbocycles. The van der Waals surface area contributed by atoms with E-state index >= 15 is 0 Å². The Morgan fingerprint density at radius 2 is 1.71 bits per heavy atom. The molecule has 0 unspecified atom stereocenters. The zero-order chi connectivity index (χ0) is 20.1. The van der Waals surface area contributed by atoms with Gasteiger partial charge in [0.2, 0.25) is 11.8 Å². The molecule has 2 aliphatic heterocycles. The summed E-state index contributed by atoms with van der Waals surface area (Å²) in [6, 6.07) is 11.8. The van der Waals surface area contributed by atoms with E-state index < -0.39 is 34.2 Å². The number of nitrogens with zero attached hydrogens (tertiary/aromatic N) is 2. The molecule has 28 heavy (non-hydrogen) atoms. The molecule has 1 atom stereocenters. The third kappa shape index (κ3) is 2.43. The number of benzene rings is 2. The van der Waals surface area contributed by atoms with Crippen molar-refractivity contribution in [2.45, 2.75) is 12.5 Å². The number of hydrogen-bond donors (Lipinski definition) is 2. The van der Waals surface area contributed by atoms with Crippen LogP contribution in [0, 0.1) is 15.5 Å². The van der Waals surface area contributed by atoms with Gasteiger partial charge in [-0.05, 0) is 17.2 Å². The largest absolute Gasteiger partial charge is 0.366 e. The fourth-order valence-corrected chi connectivity index (χ4v) is 4.15. The van der Waals surface area contributed by atoms with Crippen LogP contribution in [0.25, 0.3) is 0 Å². The van der Waals surface area contributed by atoms with Crippen LogP contribution in [-0.4, -0.2) is 29.8 Å². The molecule has 1 saturated heterocycles. The van der Waals surface area contributed by atoms with Crippen molar-refractivity contribution in [3.8, 4) is 0 Å². The number of anilines is 1. The van der Waals surface area contributed by atoms with E-state index in [1.165, 1.54) is 12.1 Å². The number of hydrogen-bond acceptors (Lipinski definition) is 6. The Kier molecular flexibility index (Phi) is 3.88. The van der Waals surface area contributed by atoms with Gasteiger partial charge in [-0.25, -0.2) is 4.79 Å². The molecule has 2 N–H and O–H groups in total. The lowest BCUT2D eigenvalue weighted by molar-refractivity contribution is -0.384. The number of rotatable bonds is 2. The van der Waals surface area contributed by atoms with Crippen molar-refractivity contribution in [3.05, 3.63) is 69.8 Å². The Balaban J connectivity index is 1.95. The van der Waals surface area contributed by atoms with Crippen LogP contribution >= 0.6 is 0 Å². The van der Waals surface area contributed by atoms with Crippen molar-refractivity contribution in [2.75, 3.05) is 11.9 Å². The highest BCUT2D eigenvalue weighted by molar-refractivity contribution is 6.20. The lowest BCUT2D eigenvalue weighted by atomic mass is 9.67. The monoisotopic (exact) mass is 380 g/mol. The molecule has 0 radical (unpaired) electrons. The average Bonchev–Trinajstić information content (AvgIpc) is 2.66. The van der Waals surface area contributed by atoms with E-state index in [1.807, 2.05) is 6.07 Å². The fraction of sp³-hybridized carbons (Fsp3) is 0.211. The molecule has 4 rings (SSSR count). The van der Waals surface area contributed by atoms with Gasteiger partial charge in [-0.1, -0.05) is 30.3 Å². The first kappa shape index (κ1) is 17.7. The number of carbonyl (C=O) groups is 3. The summed E-state index contributed by atoms with van der Waals surface area (Å²) in [5.41, 5.74) is 0.111. The zero-order valence-electron chi connectivity index (χ0n) is 14.8. The van der Waals surface area contributed by atoms with E-state index in [0.717, 1.165) is 0 Å². The molecule has 2 aromatic rings. The van der Waals surface area contributed by atoms with Gasteiger partial charge in [0.05, 0.1) is 11.0 Å². The summed E-state index contributed by atoms with van der Waals surface area (Å²) in [4.78, 5) is 50.1. The number of imide groups is 2. The third-order valence-corrected chi connectivity index (χ3v) is 5.36. The maximum atomic E-state index is 13.0. The molecule has 9 nitrogen and oxygen atoms in total. The number of carbonyl (C=O) groups excluding carboxylic acids is 3. The Hall–Kier alpha value is -3.75. The highest BCUT2D eigenvalue weighted by Crippen LogP contribution is 2.50. The first-order valence-corrected chi connectivity index (χ1v) is 8.56. The molecular formula is C19H16N4O5. The van der Waals surface area contributed by atoms with Gasteiger partial charge >= 0.3 is 6.03 Å². The second-order valence-electron chi connectivity index (χ2n) is 6.88. The third-order valence-electron chi connectivity index (χ3n) is 5.36. The molecule has 0 aliphatic carbocycles. The lowest BCUT2D eigenvalue weighted by Gasteiger charge is -2.49. The Bertz CT molecular complexity index is 1000. The van der Waals surface area contributed by atoms with Crippen LogP contribution in [0.2, 0.25) is 0 Å². The molecule has 1 spiro atoms. The molecular weight excluding hydrogens is 364 g/mol. The van der Waals surface area contributed by atoms with Crippen LogP contribution in [0.15, 0.2) is 48.5 Å². The minimum Gasteiger partial charge on any atom is -0.366 e. The summed E-state index contributed by atoms with van der Waals surface area (Å²) in [7, 11) is 1.72. The van der Waals surface area contributed by atoms with E-state index in [9.17, 15) is 24.5 Å². The molecule has 2 aliphatic rings. The highest BCUT2D eigenvalue weighted by atomic mass is 16.6. The average molecular weight is 380 g/mol. The van der Waals surface area contributed by atoms with Gasteiger partial charge in [-0.3, -0.25) is 30.3 Å². The van der Waals surface area contributed by atoms with Crippen LogP contribution in [0.1, 0.15) is 17.2 Å². The van der Waals surface area contributed by atoms with E-state index in [2.05, 4.69) is 10.6 Å². The summed E-state index contributed by atoms with van der Waals surface area (Å²) in [6.45, 7) is 0. The summed E-state index contributed by atoms with van der Waals surface area (Å²) in [6.07, 6.45) is -0.0706. The minimum absolute atomic E-state index is 0.0706. The Morgan fingerprint density at radius 3 is 2.32 bits per heavy atom. The van der Waals surface area contributed by atoms with Crippen LogP contribution in [-0.2, 0) is 16.0 Å². The maximum absolute atomic E-state index is 13.0. The van der Waals surface area contributed by atoms with E-state index in [4.69, 9.17) is 0 Å². The van der Waals surface area contributed by atoms with Gasteiger partial charge in [0, 0.05) is 31.3 Å². The predicted octanol–water partition coefficient (Wildman–Crippen LogP) is 1.68. The highest BCUT2D eigenvalue weighted by Gasteiger charge is 2.59. The molecule has 0 saturated carbocycles. The standard InChI is InChI=1S/C19H16N4O5/c1-22-14-8-7-13(23(27)28)9-12(14)10-19(15(22)11-5-3-2-4-6-11)16(24)20-18(26)21-17(19)25/h2-9,15H,10H2,1H3,(H2,20,21,24,25,26)/t15-/m0/s1. The van der Waals surface area contributed by atoms with Crippen molar-refractivity contribution in [1.29, 1.82) is 0 Å². The number of amides is 4. The van der Waals surface area contributed by atoms with Gasteiger partial charge in [0.25, 0.3) is 5.69 Å². The molecule has 4 amide bonds. The van der Waals surface area contributed by atoms with E-state index in [1.54, 1.807) is 42.3 Å². The second kappa shape index (κ2) is 6.15. The normalized spacial score (nSPS) is 20.4. The fourth-order valence-electron chi connectivity index (χ4n) is 4.15. The molecule has 0 bridgehead atoms. The second-order valence-corrected chi connectivity index (χ2v) is 6.88. The van der Waals surface area contributed by atoms with Gasteiger partial charge in [-0.15, -0.1) is 0 Å². The van der Waals surface area contributed by atoms with E-state index in [-0.39, 0.29) is 12.1 Å². The van der Waals surface area contributed by atoms with Crippen molar-refractivity contribution in [3.63, 3.8) is 0 Å². The molecule has 1 fully saturated rings. The summed E-state index contributed by atoms with van der Waals surface area (Å²) in [5.74, 6) is -1.45. The van der Waals surface area contributed by atoms with Gasteiger partial charge in [0.1, 0.15) is 0 Å². The predicted molar refractivity (Wildman–Crippen MR) is 98.5 cm³/mol. The van der Waals surface area contributed by atoms with Gasteiger partial charge < -0.3 is 4.90 Å². The first-order valence-electron chi connectivity index (χ1n) is 8.56. The summed E-state index contributed by atoms with van der Waals surface area (Å²) >= 11 is 0. The number of barbiturate groups is 1. The molecule has 9 heteroatoms. The SMILES string of the molecule is CN1c2ccc([N+](=O)[O-])cc2CC2(C(=O)NC(=O)NC2=O)[C@@H]1c1ccccc1. The molecule has 2 heterocycles. The number of nitro benzene ring substituents is 1. The van der Waals surface area contributed by atoms with Crippen LogP contribution in [0.5, 0.6) is 0 Å². The quantitative estimate of drug-likeness (QED) is 0.464. The lowest BCUT2D eigenvalue weighted by Crippen LogP contribution is -2.68. The number of nitro groups is 1. The van der Waals surface area contributed by atoms with Crippen molar-refractivity contribution >= 4 is 29.2 Å². The zero-order valence-corrected chi connectivity index (χ0v) is 14.8. The Labute approximate surface area is 159 Å². The van der Waals surface area contributed by atoms with Crippen molar-refractivity contribution in [2.24, 2.45) is 5.41 Å². The number of urea groups is 1. The number of fused-ring (bicyclic) bond motifs is 1. The minimum atomic E-state index is -1.65. The van der Waals surface area contributed by atoms with Crippen LogP contribution in [0.3, 0.4) is 0 Å². The van der Waals surface area contributed by atoms with Gasteiger partial charge in [0.15, 0.2) is 5.41 Å². The summed E-state index contributed by atoms with van der Waals surface area (Å²) in [5, 5.41) is 15.6. The van der Waals surface area contributed by atoms with Crippen LogP contribution < -0.4 is 15.5 Å². The van der Waals surface area contributed by atoms with Gasteiger partial charge in [-0.2, -0.15) is 0 Å². The van der Waals surface area contributed by atoms with E-state index in [0.29, 0.717) is 16.8 Å².